The summed E-state index contributed by atoms with van der Waals surface area (Å²) in [5.74, 6) is 1.42. The lowest BCUT2D eigenvalue weighted by molar-refractivity contribution is 0.323. The molecule has 1 N–H and O–H groups in total. The zero-order valence-electron chi connectivity index (χ0n) is 10.6. The van der Waals surface area contributed by atoms with E-state index in [4.69, 9.17) is 4.74 Å². The van der Waals surface area contributed by atoms with Gasteiger partial charge in [-0.3, -0.25) is 0 Å². The van der Waals surface area contributed by atoms with Crippen molar-refractivity contribution < 1.29 is 4.74 Å². The van der Waals surface area contributed by atoms with Crippen molar-refractivity contribution in [3.8, 4) is 17.0 Å². The summed E-state index contributed by atoms with van der Waals surface area (Å²) in [6.07, 6.45) is 0. The molecule has 1 aromatic heterocycles. The Labute approximate surface area is 111 Å². The van der Waals surface area contributed by atoms with E-state index in [0.29, 0.717) is 5.92 Å². The maximum Gasteiger partial charge on any atom is 0.142 e. The normalized spacial score (nSPS) is 13.9. The molecule has 4 heteroatoms. The van der Waals surface area contributed by atoms with Gasteiger partial charge < -0.3 is 10.1 Å². The first-order chi connectivity index (χ1) is 8.74. The van der Waals surface area contributed by atoms with Crippen LogP contribution in [0.3, 0.4) is 0 Å². The second-order valence-corrected chi connectivity index (χ2v) is 5.60. The molecule has 0 fully saturated rings. The van der Waals surface area contributed by atoms with E-state index in [1.54, 1.807) is 11.3 Å². The zero-order valence-corrected chi connectivity index (χ0v) is 11.4. The number of aromatic nitrogens is 1. The summed E-state index contributed by atoms with van der Waals surface area (Å²) >= 11 is 1.73. The lowest BCUT2D eigenvalue weighted by Gasteiger charge is -2.19. The fraction of sp³-hybridized carbons (Fsp3) is 0.357. The van der Waals surface area contributed by atoms with Gasteiger partial charge in [0.05, 0.1) is 16.4 Å². The lowest BCUT2D eigenvalue weighted by Crippen LogP contribution is -2.17. The molecule has 0 bridgehead atoms. The number of anilines is 1. The standard InChI is InChI=1S/C14H16N2OS/c1-9(2)14-16-12(8-18-14)10-3-4-13-11(7-10)15-5-6-17-13/h3-4,7-9,15H,5-6H2,1-2H3. The highest BCUT2D eigenvalue weighted by atomic mass is 32.1. The summed E-state index contributed by atoms with van der Waals surface area (Å²) in [6, 6.07) is 6.21. The summed E-state index contributed by atoms with van der Waals surface area (Å²) in [5.41, 5.74) is 3.27. The van der Waals surface area contributed by atoms with Gasteiger partial charge in [0.1, 0.15) is 12.4 Å². The highest BCUT2D eigenvalue weighted by molar-refractivity contribution is 7.10. The van der Waals surface area contributed by atoms with Crippen LogP contribution in [0.15, 0.2) is 23.6 Å². The molecular weight excluding hydrogens is 244 g/mol. The van der Waals surface area contributed by atoms with Crippen LogP contribution in [-0.4, -0.2) is 18.1 Å². The molecule has 94 valence electrons. The van der Waals surface area contributed by atoms with Crippen molar-refractivity contribution in [3.63, 3.8) is 0 Å². The Morgan fingerprint density at radius 1 is 1.39 bits per heavy atom. The molecule has 18 heavy (non-hydrogen) atoms. The van der Waals surface area contributed by atoms with E-state index in [0.717, 1.165) is 35.8 Å². The molecule has 0 aliphatic carbocycles. The van der Waals surface area contributed by atoms with Crippen LogP contribution in [0, 0.1) is 0 Å². The van der Waals surface area contributed by atoms with E-state index in [1.807, 2.05) is 6.07 Å². The minimum absolute atomic E-state index is 0.489. The Bertz CT molecular complexity index is 563. The van der Waals surface area contributed by atoms with Gasteiger partial charge in [0.25, 0.3) is 0 Å². The van der Waals surface area contributed by atoms with E-state index in [2.05, 4.69) is 41.7 Å². The van der Waals surface area contributed by atoms with Crippen LogP contribution in [-0.2, 0) is 0 Å². The van der Waals surface area contributed by atoms with Gasteiger partial charge in [-0.15, -0.1) is 11.3 Å². The summed E-state index contributed by atoms with van der Waals surface area (Å²) < 4.78 is 5.58. The molecule has 3 nitrogen and oxygen atoms in total. The van der Waals surface area contributed by atoms with Crippen LogP contribution in [0.5, 0.6) is 5.75 Å². The molecule has 0 amide bonds. The first-order valence-electron chi connectivity index (χ1n) is 6.20. The highest BCUT2D eigenvalue weighted by Crippen LogP contribution is 2.33. The second kappa shape index (κ2) is 4.61. The second-order valence-electron chi connectivity index (χ2n) is 4.71. The van der Waals surface area contributed by atoms with Crippen LogP contribution in [0.4, 0.5) is 5.69 Å². The molecule has 0 radical (unpaired) electrons. The van der Waals surface area contributed by atoms with Crippen LogP contribution in [0.1, 0.15) is 24.8 Å². The van der Waals surface area contributed by atoms with Crippen molar-refractivity contribution in [2.45, 2.75) is 19.8 Å². The average Bonchev–Trinajstić information content (AvgIpc) is 2.88. The van der Waals surface area contributed by atoms with Gasteiger partial charge in [-0.25, -0.2) is 4.98 Å². The Morgan fingerprint density at radius 3 is 3.06 bits per heavy atom. The Hall–Kier alpha value is -1.55. The van der Waals surface area contributed by atoms with Gasteiger partial charge in [0, 0.05) is 23.4 Å². The van der Waals surface area contributed by atoms with Crippen molar-refractivity contribution in [2.75, 3.05) is 18.5 Å². The van der Waals surface area contributed by atoms with Crippen molar-refractivity contribution in [3.05, 3.63) is 28.6 Å². The molecule has 0 spiro atoms. The largest absolute Gasteiger partial charge is 0.490 e. The third-order valence-corrected chi connectivity index (χ3v) is 4.11. The maximum absolute atomic E-state index is 5.58. The monoisotopic (exact) mass is 260 g/mol. The number of hydrogen-bond donors (Lipinski definition) is 1. The molecule has 2 aromatic rings. The summed E-state index contributed by atoms with van der Waals surface area (Å²) in [7, 11) is 0. The molecule has 1 aromatic carbocycles. The third kappa shape index (κ3) is 2.08. The minimum atomic E-state index is 0.489. The lowest BCUT2D eigenvalue weighted by atomic mass is 10.1. The molecule has 0 atom stereocenters. The number of ether oxygens (including phenoxy) is 1. The summed E-state index contributed by atoms with van der Waals surface area (Å²) in [6.45, 7) is 5.95. The topological polar surface area (TPSA) is 34.2 Å². The van der Waals surface area contributed by atoms with Crippen LogP contribution in [0.25, 0.3) is 11.3 Å². The molecule has 3 rings (SSSR count). The Kier molecular flexibility index (Phi) is 2.96. The van der Waals surface area contributed by atoms with Crippen LogP contribution in [0.2, 0.25) is 0 Å². The third-order valence-electron chi connectivity index (χ3n) is 2.97. The Morgan fingerprint density at radius 2 is 2.28 bits per heavy atom. The molecule has 2 heterocycles. The summed E-state index contributed by atoms with van der Waals surface area (Å²) in [4.78, 5) is 4.68. The predicted molar refractivity (Wildman–Crippen MR) is 75.6 cm³/mol. The zero-order chi connectivity index (χ0) is 12.5. The fourth-order valence-corrected chi connectivity index (χ4v) is 2.83. The van der Waals surface area contributed by atoms with Gasteiger partial charge in [0.2, 0.25) is 0 Å². The smallest absolute Gasteiger partial charge is 0.142 e. The predicted octanol–water partition coefficient (Wildman–Crippen LogP) is 3.74. The van der Waals surface area contributed by atoms with Crippen LogP contribution < -0.4 is 10.1 Å². The molecular formula is C14H16N2OS. The highest BCUT2D eigenvalue weighted by Gasteiger charge is 2.12. The van der Waals surface area contributed by atoms with E-state index in [-0.39, 0.29) is 0 Å². The number of thiazole rings is 1. The van der Waals surface area contributed by atoms with Gasteiger partial charge >= 0.3 is 0 Å². The molecule has 0 unspecified atom stereocenters. The van der Waals surface area contributed by atoms with Gasteiger partial charge in [-0.05, 0) is 18.2 Å². The van der Waals surface area contributed by atoms with Gasteiger partial charge in [0.15, 0.2) is 0 Å². The van der Waals surface area contributed by atoms with E-state index >= 15 is 0 Å². The average molecular weight is 260 g/mol. The molecule has 0 saturated heterocycles. The van der Waals surface area contributed by atoms with Gasteiger partial charge in [-0.2, -0.15) is 0 Å². The van der Waals surface area contributed by atoms with E-state index in [1.165, 1.54) is 5.01 Å². The quantitative estimate of drug-likeness (QED) is 0.893. The molecule has 1 aliphatic heterocycles. The summed E-state index contributed by atoms with van der Waals surface area (Å²) in [5, 5.41) is 6.67. The van der Waals surface area contributed by atoms with Gasteiger partial charge in [-0.1, -0.05) is 13.8 Å². The Balaban J connectivity index is 1.95. The van der Waals surface area contributed by atoms with Crippen LogP contribution >= 0.6 is 11.3 Å². The van der Waals surface area contributed by atoms with E-state index < -0.39 is 0 Å². The van der Waals surface area contributed by atoms with E-state index in [9.17, 15) is 0 Å². The minimum Gasteiger partial charge on any atom is -0.490 e. The SMILES string of the molecule is CC(C)c1nc(-c2ccc3c(c2)NCCO3)cs1. The first-order valence-corrected chi connectivity index (χ1v) is 7.08. The van der Waals surface area contributed by atoms with Crippen molar-refractivity contribution >= 4 is 17.0 Å². The maximum atomic E-state index is 5.58. The van der Waals surface area contributed by atoms with Crippen molar-refractivity contribution in [1.29, 1.82) is 0 Å². The van der Waals surface area contributed by atoms with Crippen molar-refractivity contribution in [1.82, 2.24) is 4.98 Å². The number of rotatable bonds is 2. The number of benzene rings is 1. The first kappa shape index (κ1) is 11.5. The number of hydrogen-bond acceptors (Lipinski definition) is 4. The molecule has 1 aliphatic rings. The number of nitrogens with zero attached hydrogens (tertiary/aromatic N) is 1. The molecule has 0 saturated carbocycles. The number of fused-ring (bicyclic) bond motifs is 1. The fourth-order valence-electron chi connectivity index (χ4n) is 1.99. The number of nitrogens with one attached hydrogen (secondary N) is 1. The van der Waals surface area contributed by atoms with Crippen molar-refractivity contribution in [2.24, 2.45) is 0 Å².